The summed E-state index contributed by atoms with van der Waals surface area (Å²) in [5.74, 6) is 0.299. The fraction of sp³-hybridized carbons (Fsp3) is 0.185. The molecular weight excluding hydrogens is 432 g/mol. The maximum absolute atomic E-state index is 13.3. The second-order valence-electron chi connectivity index (χ2n) is 8.05. The van der Waals surface area contributed by atoms with Crippen molar-refractivity contribution in [3.05, 3.63) is 118 Å². The first-order chi connectivity index (χ1) is 16.0. The molecule has 0 radical (unpaired) electrons. The Kier molecular flexibility index (Phi) is 7.10. The summed E-state index contributed by atoms with van der Waals surface area (Å²) in [5, 5.41) is 6.68. The van der Waals surface area contributed by atoms with Crippen LogP contribution < -0.4 is 16.4 Å². The summed E-state index contributed by atoms with van der Waals surface area (Å²) in [4.78, 5) is 17.8. The Hall–Kier alpha value is -3.57. The molecule has 3 aromatic rings. The van der Waals surface area contributed by atoms with E-state index < -0.39 is 6.04 Å². The minimum Gasteiger partial charge on any atom is -0.370 e. The second-order valence-corrected chi connectivity index (χ2v) is 8.49. The van der Waals surface area contributed by atoms with Crippen LogP contribution in [0.3, 0.4) is 0 Å². The molecule has 6 heteroatoms. The average molecular weight is 459 g/mol. The SMILES string of the molecule is CC1=C(C(=O)NCCC(c2ccccc2)c2ccccc2)C(c2cccc(Cl)c2)N=C(N)N1. The number of hydrogen-bond acceptors (Lipinski definition) is 4. The molecule has 0 saturated carbocycles. The van der Waals surface area contributed by atoms with E-state index in [4.69, 9.17) is 17.3 Å². The average Bonchev–Trinajstić information content (AvgIpc) is 2.82. The van der Waals surface area contributed by atoms with Gasteiger partial charge < -0.3 is 16.4 Å². The number of carbonyl (C=O) groups is 1. The monoisotopic (exact) mass is 458 g/mol. The van der Waals surface area contributed by atoms with Crippen molar-refractivity contribution in [2.24, 2.45) is 10.7 Å². The Morgan fingerprint density at radius 2 is 1.67 bits per heavy atom. The van der Waals surface area contributed by atoms with E-state index in [0.29, 0.717) is 22.8 Å². The largest absolute Gasteiger partial charge is 0.370 e. The zero-order chi connectivity index (χ0) is 23.2. The van der Waals surface area contributed by atoms with Gasteiger partial charge in [0, 0.05) is 23.2 Å². The van der Waals surface area contributed by atoms with Crippen molar-refractivity contribution in [2.45, 2.75) is 25.3 Å². The summed E-state index contributed by atoms with van der Waals surface area (Å²) < 4.78 is 0. The predicted molar refractivity (Wildman–Crippen MR) is 134 cm³/mol. The normalized spacial score (nSPS) is 15.7. The molecule has 33 heavy (non-hydrogen) atoms. The molecule has 168 valence electrons. The quantitative estimate of drug-likeness (QED) is 0.470. The minimum atomic E-state index is -0.510. The Morgan fingerprint density at radius 1 is 1.03 bits per heavy atom. The number of guanidine groups is 1. The number of nitrogens with two attached hydrogens (primary N) is 1. The van der Waals surface area contributed by atoms with Gasteiger partial charge in [0.1, 0.15) is 6.04 Å². The molecule has 0 saturated heterocycles. The summed E-state index contributed by atoms with van der Waals surface area (Å²) >= 11 is 6.19. The van der Waals surface area contributed by atoms with E-state index in [-0.39, 0.29) is 17.8 Å². The van der Waals surface area contributed by atoms with Crippen LogP contribution in [-0.4, -0.2) is 18.4 Å². The molecule has 0 bridgehead atoms. The van der Waals surface area contributed by atoms with Gasteiger partial charge in [-0.15, -0.1) is 0 Å². The zero-order valence-corrected chi connectivity index (χ0v) is 19.2. The highest BCUT2D eigenvalue weighted by atomic mass is 35.5. The van der Waals surface area contributed by atoms with Crippen LogP contribution in [0.15, 0.2) is 101 Å². The van der Waals surface area contributed by atoms with Gasteiger partial charge in [-0.05, 0) is 42.2 Å². The molecule has 1 atom stereocenters. The van der Waals surface area contributed by atoms with Gasteiger partial charge in [-0.2, -0.15) is 0 Å². The third kappa shape index (κ3) is 5.44. The Balaban J connectivity index is 1.51. The van der Waals surface area contributed by atoms with Crippen LogP contribution in [0, 0.1) is 0 Å². The topological polar surface area (TPSA) is 79.5 Å². The molecule has 4 rings (SSSR count). The van der Waals surface area contributed by atoms with Gasteiger partial charge in [-0.3, -0.25) is 4.79 Å². The van der Waals surface area contributed by atoms with Crippen molar-refractivity contribution in [3.63, 3.8) is 0 Å². The van der Waals surface area contributed by atoms with Gasteiger partial charge in [0.2, 0.25) is 0 Å². The van der Waals surface area contributed by atoms with Crippen LogP contribution in [0.25, 0.3) is 0 Å². The van der Waals surface area contributed by atoms with Gasteiger partial charge in [0.25, 0.3) is 5.91 Å². The molecule has 1 unspecified atom stereocenters. The first-order valence-electron chi connectivity index (χ1n) is 11.0. The number of carbonyl (C=O) groups excluding carboxylic acids is 1. The molecule has 1 aliphatic rings. The predicted octanol–water partition coefficient (Wildman–Crippen LogP) is 4.91. The number of allylic oxidation sites excluding steroid dienone is 1. The second kappa shape index (κ2) is 10.4. The molecule has 1 aliphatic heterocycles. The number of hydrogen-bond donors (Lipinski definition) is 3. The highest BCUT2D eigenvalue weighted by Gasteiger charge is 2.28. The van der Waals surface area contributed by atoms with E-state index in [1.165, 1.54) is 11.1 Å². The number of rotatable bonds is 7. The number of amides is 1. The molecule has 0 aromatic heterocycles. The number of benzene rings is 3. The summed E-state index contributed by atoms with van der Waals surface area (Å²) in [6.07, 6.45) is 0.771. The van der Waals surface area contributed by atoms with E-state index in [9.17, 15) is 4.79 Å². The molecular formula is C27H27ClN4O. The van der Waals surface area contributed by atoms with Gasteiger partial charge in [0.05, 0.1) is 5.57 Å². The third-order valence-electron chi connectivity index (χ3n) is 5.79. The van der Waals surface area contributed by atoms with Gasteiger partial charge in [-0.25, -0.2) is 4.99 Å². The van der Waals surface area contributed by atoms with Crippen molar-refractivity contribution in [3.8, 4) is 0 Å². The van der Waals surface area contributed by atoms with Crippen molar-refractivity contribution >= 4 is 23.5 Å². The Morgan fingerprint density at radius 3 is 2.27 bits per heavy atom. The summed E-state index contributed by atoms with van der Waals surface area (Å²) in [6.45, 7) is 2.36. The van der Waals surface area contributed by atoms with Crippen LogP contribution >= 0.6 is 11.6 Å². The van der Waals surface area contributed by atoms with E-state index in [2.05, 4.69) is 39.9 Å². The van der Waals surface area contributed by atoms with Gasteiger partial charge in [-0.1, -0.05) is 84.4 Å². The van der Waals surface area contributed by atoms with Gasteiger partial charge in [0.15, 0.2) is 5.96 Å². The summed E-state index contributed by atoms with van der Waals surface area (Å²) in [5.41, 5.74) is 10.5. The molecule has 0 aliphatic carbocycles. The number of nitrogens with one attached hydrogen (secondary N) is 2. The lowest BCUT2D eigenvalue weighted by molar-refractivity contribution is -0.117. The number of aliphatic imine (C=N–C) groups is 1. The molecule has 1 heterocycles. The Labute approximate surface area is 199 Å². The minimum absolute atomic E-state index is 0.166. The lowest BCUT2D eigenvalue weighted by Gasteiger charge is -2.25. The number of halogens is 1. The van der Waals surface area contributed by atoms with E-state index in [1.807, 2.05) is 61.5 Å². The summed E-state index contributed by atoms with van der Waals surface area (Å²) in [6, 6.07) is 27.6. The van der Waals surface area contributed by atoms with Crippen molar-refractivity contribution in [1.82, 2.24) is 10.6 Å². The fourth-order valence-corrected chi connectivity index (χ4v) is 4.43. The maximum Gasteiger partial charge on any atom is 0.251 e. The van der Waals surface area contributed by atoms with Crippen molar-refractivity contribution in [2.75, 3.05) is 6.54 Å². The van der Waals surface area contributed by atoms with Crippen LogP contribution in [-0.2, 0) is 4.79 Å². The maximum atomic E-state index is 13.3. The smallest absolute Gasteiger partial charge is 0.251 e. The molecule has 1 amide bonds. The van der Waals surface area contributed by atoms with Crippen LogP contribution in [0.4, 0.5) is 0 Å². The fourth-order valence-electron chi connectivity index (χ4n) is 4.23. The summed E-state index contributed by atoms with van der Waals surface area (Å²) in [7, 11) is 0. The van der Waals surface area contributed by atoms with Crippen LogP contribution in [0.1, 0.15) is 42.0 Å². The molecule has 5 nitrogen and oxygen atoms in total. The molecule has 0 spiro atoms. The third-order valence-corrected chi connectivity index (χ3v) is 6.03. The van der Waals surface area contributed by atoms with E-state index in [1.54, 1.807) is 6.07 Å². The Bertz CT molecular complexity index is 1140. The van der Waals surface area contributed by atoms with Crippen molar-refractivity contribution in [1.29, 1.82) is 0 Å². The highest BCUT2D eigenvalue weighted by molar-refractivity contribution is 6.30. The standard InChI is InChI=1S/C27H27ClN4O/c1-18-24(25(32-27(29)31-18)21-13-8-14-22(28)17-21)26(33)30-16-15-23(19-9-4-2-5-10-19)20-11-6-3-7-12-20/h2-14,17,23,25H,15-16H2,1H3,(H,30,33)(H3,29,31,32). The zero-order valence-electron chi connectivity index (χ0n) is 18.5. The lowest BCUT2D eigenvalue weighted by atomic mass is 9.88. The van der Waals surface area contributed by atoms with Crippen molar-refractivity contribution < 1.29 is 4.79 Å². The van der Waals surface area contributed by atoms with Crippen LogP contribution in [0.5, 0.6) is 0 Å². The van der Waals surface area contributed by atoms with Crippen LogP contribution in [0.2, 0.25) is 5.02 Å². The number of nitrogens with zero attached hydrogens (tertiary/aromatic N) is 1. The first-order valence-corrected chi connectivity index (χ1v) is 11.4. The highest BCUT2D eigenvalue weighted by Crippen LogP contribution is 2.32. The van der Waals surface area contributed by atoms with E-state index in [0.717, 1.165) is 12.0 Å². The van der Waals surface area contributed by atoms with E-state index >= 15 is 0 Å². The lowest BCUT2D eigenvalue weighted by Crippen LogP contribution is -2.39. The van der Waals surface area contributed by atoms with Gasteiger partial charge >= 0.3 is 0 Å². The first kappa shape index (κ1) is 22.6. The molecule has 4 N–H and O–H groups in total. The molecule has 0 fully saturated rings. The molecule has 3 aromatic carbocycles.